The van der Waals surface area contributed by atoms with Crippen LogP contribution >= 0.6 is 11.6 Å². The quantitative estimate of drug-likeness (QED) is 0.605. The van der Waals surface area contributed by atoms with Crippen LogP contribution in [-0.4, -0.2) is 22.0 Å². The molecule has 1 aliphatic heterocycles. The van der Waals surface area contributed by atoms with Crippen LogP contribution in [0.1, 0.15) is 5.56 Å². The number of pyridine rings is 1. The molecule has 9 heteroatoms. The largest absolute Gasteiger partial charge is 0.336 e. The van der Waals surface area contributed by atoms with Gasteiger partial charge < -0.3 is 15.6 Å². The van der Waals surface area contributed by atoms with Gasteiger partial charge in [-0.25, -0.2) is 19.8 Å². The number of halogens is 2. The average molecular weight is 372 g/mol. The number of nitrogens with zero attached hydrogens (tertiary/aromatic N) is 4. The molecule has 0 aliphatic carbocycles. The van der Waals surface area contributed by atoms with Crippen LogP contribution in [0.2, 0.25) is 5.15 Å². The number of hydrogen-bond acceptors (Lipinski definition) is 7. The van der Waals surface area contributed by atoms with Gasteiger partial charge in [-0.2, -0.15) is 4.98 Å². The Labute approximate surface area is 154 Å². The zero-order chi connectivity index (χ0) is 18.1. The molecule has 4 rings (SSSR count). The van der Waals surface area contributed by atoms with Gasteiger partial charge in [-0.05, 0) is 35.9 Å². The Morgan fingerprint density at radius 2 is 1.96 bits per heavy atom. The Morgan fingerprint density at radius 1 is 1.12 bits per heavy atom. The Kier molecular flexibility index (Phi) is 4.27. The topological polar surface area (TPSA) is 78.0 Å². The molecule has 1 aromatic carbocycles. The SMILES string of the molecule is CN1NCc2cc(Nc3ncc(F)c(Nc4ccc(Cl)nc4)n3)ccc21. The van der Waals surface area contributed by atoms with Gasteiger partial charge in [0.25, 0.3) is 0 Å². The lowest BCUT2D eigenvalue weighted by molar-refractivity contribution is 0.619. The van der Waals surface area contributed by atoms with Crippen molar-refractivity contribution in [2.45, 2.75) is 6.54 Å². The third-order valence-corrected chi connectivity index (χ3v) is 4.16. The highest BCUT2D eigenvalue weighted by Gasteiger charge is 2.15. The molecule has 0 fully saturated rings. The molecule has 26 heavy (non-hydrogen) atoms. The smallest absolute Gasteiger partial charge is 0.229 e. The molecular formula is C17H15ClFN7. The summed E-state index contributed by atoms with van der Waals surface area (Å²) in [5.41, 5.74) is 6.90. The lowest BCUT2D eigenvalue weighted by Crippen LogP contribution is -2.26. The molecule has 3 N–H and O–H groups in total. The molecule has 0 amide bonds. The predicted molar refractivity (Wildman–Crippen MR) is 99.5 cm³/mol. The van der Waals surface area contributed by atoms with Gasteiger partial charge in [0.1, 0.15) is 5.15 Å². The molecule has 0 bridgehead atoms. The molecule has 0 atom stereocenters. The zero-order valence-corrected chi connectivity index (χ0v) is 14.5. The van der Waals surface area contributed by atoms with Crippen molar-refractivity contribution in [3.8, 4) is 0 Å². The highest BCUT2D eigenvalue weighted by molar-refractivity contribution is 6.29. The predicted octanol–water partition coefficient (Wildman–Crippen LogP) is 3.61. The Balaban J connectivity index is 1.55. The molecular weight excluding hydrogens is 357 g/mol. The third-order valence-electron chi connectivity index (χ3n) is 3.94. The van der Waals surface area contributed by atoms with Crippen LogP contribution in [0.3, 0.4) is 0 Å². The second-order valence-electron chi connectivity index (χ2n) is 5.75. The van der Waals surface area contributed by atoms with Crippen molar-refractivity contribution >= 4 is 40.4 Å². The molecule has 0 radical (unpaired) electrons. The van der Waals surface area contributed by atoms with Crippen molar-refractivity contribution in [1.29, 1.82) is 0 Å². The number of hydrazine groups is 1. The van der Waals surface area contributed by atoms with Crippen LogP contribution in [0, 0.1) is 5.82 Å². The van der Waals surface area contributed by atoms with E-state index in [9.17, 15) is 4.39 Å². The van der Waals surface area contributed by atoms with E-state index in [1.54, 1.807) is 12.1 Å². The van der Waals surface area contributed by atoms with E-state index in [2.05, 4.69) is 31.0 Å². The second-order valence-corrected chi connectivity index (χ2v) is 6.13. The first-order valence-electron chi connectivity index (χ1n) is 7.87. The van der Waals surface area contributed by atoms with E-state index in [4.69, 9.17) is 11.6 Å². The van der Waals surface area contributed by atoms with Crippen molar-refractivity contribution < 1.29 is 4.39 Å². The fraction of sp³-hybridized carbons (Fsp3) is 0.118. The first-order chi connectivity index (χ1) is 12.6. The van der Waals surface area contributed by atoms with Crippen molar-refractivity contribution in [2.24, 2.45) is 0 Å². The Bertz CT molecular complexity index is 948. The van der Waals surface area contributed by atoms with Gasteiger partial charge in [-0.15, -0.1) is 0 Å². The molecule has 1 aliphatic rings. The van der Waals surface area contributed by atoms with Gasteiger partial charge >= 0.3 is 0 Å². The Morgan fingerprint density at radius 3 is 2.77 bits per heavy atom. The first kappa shape index (κ1) is 16.5. The lowest BCUT2D eigenvalue weighted by atomic mass is 10.1. The standard InChI is InChI=1S/C17H15ClFN7/c1-26-14-4-2-11(6-10(14)7-22-26)24-17-21-9-13(19)16(25-17)23-12-3-5-15(18)20-8-12/h2-6,8-9,22H,7H2,1H3,(H2,21,23,24,25). The molecule has 3 aromatic rings. The summed E-state index contributed by atoms with van der Waals surface area (Å²) in [6.45, 7) is 0.752. The van der Waals surface area contributed by atoms with Gasteiger partial charge in [0.15, 0.2) is 11.6 Å². The second kappa shape index (κ2) is 6.74. The normalized spacial score (nSPS) is 12.8. The third kappa shape index (κ3) is 3.37. The van der Waals surface area contributed by atoms with E-state index in [1.807, 2.05) is 30.3 Å². The zero-order valence-electron chi connectivity index (χ0n) is 13.8. The maximum Gasteiger partial charge on any atom is 0.229 e. The summed E-state index contributed by atoms with van der Waals surface area (Å²) in [6, 6.07) is 9.23. The summed E-state index contributed by atoms with van der Waals surface area (Å²) in [4.78, 5) is 12.1. The molecule has 0 saturated heterocycles. The molecule has 3 heterocycles. The van der Waals surface area contributed by atoms with E-state index in [1.165, 1.54) is 6.20 Å². The van der Waals surface area contributed by atoms with E-state index in [0.29, 0.717) is 10.8 Å². The van der Waals surface area contributed by atoms with Gasteiger partial charge in [-0.1, -0.05) is 11.6 Å². The summed E-state index contributed by atoms with van der Waals surface area (Å²) >= 11 is 5.75. The summed E-state index contributed by atoms with van der Waals surface area (Å²) in [5.74, 6) is -0.227. The first-order valence-corrected chi connectivity index (χ1v) is 8.24. The van der Waals surface area contributed by atoms with Crippen molar-refractivity contribution in [2.75, 3.05) is 22.7 Å². The van der Waals surface area contributed by atoms with Gasteiger partial charge in [0.2, 0.25) is 5.95 Å². The van der Waals surface area contributed by atoms with Gasteiger partial charge in [0, 0.05) is 19.3 Å². The minimum atomic E-state index is -0.565. The van der Waals surface area contributed by atoms with Gasteiger partial charge in [0.05, 0.1) is 23.8 Å². The van der Waals surface area contributed by atoms with E-state index < -0.39 is 5.82 Å². The molecule has 2 aromatic heterocycles. The van der Waals surface area contributed by atoms with Crippen LogP contribution in [0.15, 0.2) is 42.7 Å². The highest BCUT2D eigenvalue weighted by atomic mass is 35.5. The number of aromatic nitrogens is 3. The van der Waals surface area contributed by atoms with E-state index >= 15 is 0 Å². The maximum atomic E-state index is 14.0. The van der Waals surface area contributed by atoms with Crippen LogP contribution in [0.4, 0.5) is 33.2 Å². The summed E-state index contributed by atoms with van der Waals surface area (Å²) in [5, 5.41) is 8.30. The summed E-state index contributed by atoms with van der Waals surface area (Å²) in [7, 11) is 1.96. The summed E-state index contributed by atoms with van der Waals surface area (Å²) in [6.07, 6.45) is 2.62. The van der Waals surface area contributed by atoms with Crippen LogP contribution in [-0.2, 0) is 6.54 Å². The molecule has 132 valence electrons. The molecule has 7 nitrogen and oxygen atoms in total. The maximum absolute atomic E-state index is 14.0. The number of rotatable bonds is 4. The fourth-order valence-corrected chi connectivity index (χ4v) is 2.76. The van der Waals surface area contributed by atoms with E-state index in [-0.39, 0.29) is 11.8 Å². The molecule has 0 saturated carbocycles. The monoisotopic (exact) mass is 371 g/mol. The van der Waals surface area contributed by atoms with Crippen molar-refractivity contribution in [3.63, 3.8) is 0 Å². The fourth-order valence-electron chi connectivity index (χ4n) is 2.65. The van der Waals surface area contributed by atoms with Gasteiger partial charge in [-0.3, -0.25) is 0 Å². The minimum absolute atomic E-state index is 0.0502. The van der Waals surface area contributed by atoms with Crippen LogP contribution in [0.25, 0.3) is 0 Å². The summed E-state index contributed by atoms with van der Waals surface area (Å²) < 4.78 is 14.0. The minimum Gasteiger partial charge on any atom is -0.336 e. The number of fused-ring (bicyclic) bond motifs is 1. The number of anilines is 5. The number of nitrogens with one attached hydrogen (secondary N) is 3. The lowest BCUT2D eigenvalue weighted by Gasteiger charge is -2.12. The van der Waals surface area contributed by atoms with Crippen molar-refractivity contribution in [1.82, 2.24) is 20.4 Å². The van der Waals surface area contributed by atoms with Crippen molar-refractivity contribution in [3.05, 3.63) is 59.3 Å². The average Bonchev–Trinajstić information content (AvgIpc) is 3.00. The highest BCUT2D eigenvalue weighted by Crippen LogP contribution is 2.28. The van der Waals surface area contributed by atoms with Crippen LogP contribution in [0.5, 0.6) is 0 Å². The Hall–Kier alpha value is -2.97. The molecule has 0 spiro atoms. The molecule has 0 unspecified atom stereocenters. The number of benzene rings is 1. The van der Waals surface area contributed by atoms with E-state index in [0.717, 1.165) is 29.7 Å². The number of hydrogen-bond donors (Lipinski definition) is 3. The van der Waals surface area contributed by atoms with Crippen LogP contribution < -0.4 is 21.1 Å².